The van der Waals surface area contributed by atoms with Crippen molar-refractivity contribution in [2.24, 2.45) is 11.8 Å². The highest BCUT2D eigenvalue weighted by Crippen LogP contribution is 2.59. The summed E-state index contributed by atoms with van der Waals surface area (Å²) in [6, 6.07) is 3.22. The number of aromatic nitrogens is 1. The van der Waals surface area contributed by atoms with Crippen LogP contribution in [0.4, 0.5) is 0 Å². The van der Waals surface area contributed by atoms with E-state index in [1.165, 1.54) is 13.2 Å². The van der Waals surface area contributed by atoms with Gasteiger partial charge in [0, 0.05) is 18.0 Å². The van der Waals surface area contributed by atoms with Crippen LogP contribution in [0.5, 0.6) is 0 Å². The van der Waals surface area contributed by atoms with Crippen LogP contribution in [-0.2, 0) is 15.0 Å². The molecule has 0 aromatic carbocycles. The molecule has 5 nitrogen and oxygen atoms in total. The molecule has 0 N–H and O–H groups in total. The van der Waals surface area contributed by atoms with Crippen molar-refractivity contribution < 1.29 is 14.3 Å². The second-order valence-corrected chi connectivity index (χ2v) is 5.06. The van der Waals surface area contributed by atoms with Crippen LogP contribution in [0.15, 0.2) is 23.1 Å². The first-order valence-corrected chi connectivity index (χ1v) is 5.99. The molecule has 0 amide bonds. The Balaban J connectivity index is 2.05. The monoisotopic (exact) mass is 249 g/mol. The first-order chi connectivity index (χ1) is 8.60. The minimum atomic E-state index is -0.583. The Hall–Kier alpha value is -1.62. The Bertz CT molecular complexity index is 552. The maximum Gasteiger partial charge on any atom is 0.343 e. The van der Waals surface area contributed by atoms with Gasteiger partial charge in [0.25, 0.3) is 5.56 Å². The molecule has 96 valence electrons. The minimum Gasteiger partial charge on any atom is -0.465 e. The molecule has 1 aromatic rings. The highest BCUT2D eigenvalue weighted by atomic mass is 16.5. The number of hydrogen-bond acceptors (Lipinski definition) is 4. The maximum absolute atomic E-state index is 12.3. The van der Waals surface area contributed by atoms with Gasteiger partial charge in [0.2, 0.25) is 0 Å². The lowest BCUT2D eigenvalue weighted by Crippen LogP contribution is -2.35. The molecule has 1 unspecified atom stereocenters. The van der Waals surface area contributed by atoms with Gasteiger partial charge in [-0.15, -0.1) is 0 Å². The van der Waals surface area contributed by atoms with Crippen molar-refractivity contribution in [2.75, 3.05) is 20.3 Å². The summed E-state index contributed by atoms with van der Waals surface area (Å²) in [6.45, 7) is 3.43. The van der Waals surface area contributed by atoms with Gasteiger partial charge >= 0.3 is 5.97 Å². The number of carbonyl (C=O) groups is 1. The lowest BCUT2D eigenvalue weighted by atomic mass is 10.2. The van der Waals surface area contributed by atoms with Gasteiger partial charge in [-0.05, 0) is 19.1 Å². The van der Waals surface area contributed by atoms with Gasteiger partial charge in [-0.25, -0.2) is 4.79 Å². The van der Waals surface area contributed by atoms with E-state index < -0.39 is 5.97 Å². The molecule has 3 rings (SSSR count). The zero-order valence-electron chi connectivity index (χ0n) is 10.4. The molecular weight excluding hydrogens is 234 g/mol. The number of ether oxygens (including phenoxy) is 2. The summed E-state index contributed by atoms with van der Waals surface area (Å²) in [5, 5.41) is 0. The van der Waals surface area contributed by atoms with E-state index >= 15 is 0 Å². The Morgan fingerprint density at radius 1 is 1.50 bits per heavy atom. The molecule has 5 heteroatoms. The largest absolute Gasteiger partial charge is 0.465 e. The van der Waals surface area contributed by atoms with Crippen LogP contribution in [0, 0.1) is 11.8 Å². The van der Waals surface area contributed by atoms with Crippen molar-refractivity contribution in [3.05, 3.63) is 34.2 Å². The van der Waals surface area contributed by atoms with Gasteiger partial charge in [-0.3, -0.25) is 4.79 Å². The molecule has 2 heterocycles. The predicted octanol–water partition coefficient (Wildman–Crippen LogP) is 0.626. The fourth-order valence-electron chi connectivity index (χ4n) is 3.07. The Morgan fingerprint density at radius 3 is 2.78 bits per heavy atom. The highest BCUT2D eigenvalue weighted by Gasteiger charge is 2.65. The Labute approximate surface area is 104 Å². The molecule has 1 saturated heterocycles. The number of esters is 1. The first-order valence-electron chi connectivity index (χ1n) is 5.99. The second kappa shape index (κ2) is 3.68. The van der Waals surface area contributed by atoms with Crippen molar-refractivity contribution in [1.29, 1.82) is 0 Å². The number of carbonyl (C=O) groups excluding carboxylic acids is 1. The lowest BCUT2D eigenvalue weighted by molar-refractivity contribution is 0.0597. The van der Waals surface area contributed by atoms with Crippen LogP contribution in [0.3, 0.4) is 0 Å². The summed E-state index contributed by atoms with van der Waals surface area (Å²) in [7, 11) is 1.28. The third-order valence-corrected chi connectivity index (χ3v) is 4.34. The van der Waals surface area contributed by atoms with Crippen molar-refractivity contribution in [2.45, 2.75) is 12.5 Å². The predicted molar refractivity (Wildman–Crippen MR) is 63.5 cm³/mol. The van der Waals surface area contributed by atoms with Crippen LogP contribution in [0.1, 0.15) is 17.3 Å². The Morgan fingerprint density at radius 2 is 2.17 bits per heavy atom. The minimum absolute atomic E-state index is 0.0899. The third-order valence-electron chi connectivity index (χ3n) is 4.34. The van der Waals surface area contributed by atoms with E-state index in [1.807, 2.05) is 6.92 Å². The van der Waals surface area contributed by atoms with Crippen molar-refractivity contribution in [3.8, 4) is 0 Å². The van der Waals surface area contributed by atoms with Gasteiger partial charge in [0.1, 0.15) is 5.56 Å². The van der Waals surface area contributed by atoms with Crippen LogP contribution in [0.25, 0.3) is 0 Å². The van der Waals surface area contributed by atoms with Gasteiger partial charge in [-0.1, -0.05) is 0 Å². The van der Waals surface area contributed by atoms with E-state index in [9.17, 15) is 9.59 Å². The molecule has 1 aromatic heterocycles. The molecule has 3 atom stereocenters. The molecule has 2 fully saturated rings. The Kier molecular flexibility index (Phi) is 2.35. The van der Waals surface area contributed by atoms with Gasteiger partial charge in [0.15, 0.2) is 0 Å². The van der Waals surface area contributed by atoms with Gasteiger partial charge < -0.3 is 14.0 Å². The average molecular weight is 249 g/mol. The molecule has 18 heavy (non-hydrogen) atoms. The van der Waals surface area contributed by atoms with E-state index in [0.717, 1.165) is 0 Å². The van der Waals surface area contributed by atoms with E-state index in [-0.39, 0.29) is 16.7 Å². The summed E-state index contributed by atoms with van der Waals surface area (Å²) in [5.41, 5.74) is -0.396. The SMILES string of the molecule is COC(=O)c1cccn(C2(C)[C@@H]3COC[C@@H]32)c1=O. The lowest BCUT2D eigenvalue weighted by Gasteiger charge is -2.19. The fourth-order valence-corrected chi connectivity index (χ4v) is 3.07. The van der Waals surface area contributed by atoms with Crippen LogP contribution in [0.2, 0.25) is 0 Å². The molecule has 2 aliphatic rings. The molecule has 1 saturated carbocycles. The number of methoxy groups -OCH3 is 1. The standard InChI is InChI=1S/C13H15NO4/c1-13(9-6-18-7-10(9)13)14-5-3-4-8(11(14)15)12(16)17-2/h3-5,9-10H,6-7H2,1-2H3/t9-,10+,13?. The number of pyridine rings is 1. The molecular formula is C13H15NO4. The second-order valence-electron chi connectivity index (χ2n) is 5.06. The molecule has 1 aliphatic heterocycles. The summed E-state index contributed by atoms with van der Waals surface area (Å²) >= 11 is 0. The zero-order valence-corrected chi connectivity index (χ0v) is 10.4. The average Bonchev–Trinajstić information content (AvgIpc) is 2.79. The maximum atomic E-state index is 12.3. The number of hydrogen-bond donors (Lipinski definition) is 0. The van der Waals surface area contributed by atoms with Gasteiger partial charge in [0.05, 0.1) is 25.9 Å². The van der Waals surface area contributed by atoms with E-state index in [0.29, 0.717) is 25.0 Å². The summed E-state index contributed by atoms with van der Waals surface area (Å²) in [5.74, 6) is 0.172. The fraction of sp³-hybridized carbons (Fsp3) is 0.538. The van der Waals surface area contributed by atoms with E-state index in [4.69, 9.17) is 4.74 Å². The van der Waals surface area contributed by atoms with E-state index in [1.54, 1.807) is 16.8 Å². The molecule has 0 spiro atoms. The number of nitrogens with zero attached hydrogens (tertiary/aromatic N) is 1. The molecule has 1 aliphatic carbocycles. The number of rotatable bonds is 2. The van der Waals surface area contributed by atoms with Crippen molar-refractivity contribution in [1.82, 2.24) is 4.57 Å². The summed E-state index contributed by atoms with van der Waals surface area (Å²) in [4.78, 5) is 23.8. The van der Waals surface area contributed by atoms with Gasteiger partial charge in [-0.2, -0.15) is 0 Å². The zero-order chi connectivity index (χ0) is 12.9. The van der Waals surface area contributed by atoms with Crippen molar-refractivity contribution >= 4 is 5.97 Å². The summed E-state index contributed by atoms with van der Waals surface area (Å²) < 4.78 is 11.6. The normalized spacial score (nSPS) is 33.0. The molecule has 0 radical (unpaired) electrons. The quantitative estimate of drug-likeness (QED) is 0.721. The molecule has 0 bridgehead atoms. The number of fused-ring (bicyclic) bond motifs is 1. The topological polar surface area (TPSA) is 57.5 Å². The van der Waals surface area contributed by atoms with Crippen LogP contribution < -0.4 is 5.56 Å². The first kappa shape index (κ1) is 11.5. The van der Waals surface area contributed by atoms with Crippen molar-refractivity contribution in [3.63, 3.8) is 0 Å². The van der Waals surface area contributed by atoms with Crippen LogP contribution in [-0.4, -0.2) is 30.9 Å². The van der Waals surface area contributed by atoms with E-state index in [2.05, 4.69) is 4.74 Å². The third kappa shape index (κ3) is 1.31. The highest BCUT2D eigenvalue weighted by molar-refractivity contribution is 5.88. The van der Waals surface area contributed by atoms with Crippen LogP contribution >= 0.6 is 0 Å². The summed E-state index contributed by atoms with van der Waals surface area (Å²) in [6.07, 6.45) is 1.74. The smallest absolute Gasteiger partial charge is 0.343 e.